The number of rotatable bonds is 4. The van der Waals surface area contributed by atoms with E-state index in [1.807, 2.05) is 27.8 Å². The zero-order chi connectivity index (χ0) is 10.5. The molecule has 0 atom stereocenters. The van der Waals surface area contributed by atoms with Gasteiger partial charge in [-0.25, -0.2) is 0 Å². The van der Waals surface area contributed by atoms with Crippen LogP contribution < -0.4 is 0 Å². The third kappa shape index (κ3) is 4.88. The van der Waals surface area contributed by atoms with Crippen LogP contribution in [0.25, 0.3) is 0 Å². The predicted molar refractivity (Wildman–Crippen MR) is 53.6 cm³/mol. The van der Waals surface area contributed by atoms with Gasteiger partial charge in [-0.2, -0.15) is 0 Å². The van der Waals surface area contributed by atoms with Crippen LogP contribution in [-0.4, -0.2) is 38.1 Å². The Morgan fingerprint density at radius 1 is 1.38 bits per heavy atom. The molecule has 0 aliphatic carbocycles. The van der Waals surface area contributed by atoms with Gasteiger partial charge in [-0.1, -0.05) is 20.8 Å². The molecule has 0 radical (unpaired) electrons. The van der Waals surface area contributed by atoms with E-state index in [1.54, 1.807) is 12.0 Å². The van der Waals surface area contributed by atoms with Gasteiger partial charge >= 0.3 is 0 Å². The molecular formula is C10H21NO2. The van der Waals surface area contributed by atoms with Gasteiger partial charge in [0.25, 0.3) is 0 Å². The highest BCUT2D eigenvalue weighted by Crippen LogP contribution is 2.16. The van der Waals surface area contributed by atoms with Gasteiger partial charge in [0, 0.05) is 32.7 Å². The Balaban J connectivity index is 3.84. The van der Waals surface area contributed by atoms with Crippen molar-refractivity contribution in [3.8, 4) is 0 Å². The number of hydrogen-bond donors (Lipinski definition) is 0. The quantitative estimate of drug-likeness (QED) is 0.625. The highest BCUT2D eigenvalue weighted by molar-refractivity contribution is 5.81. The number of methoxy groups -OCH3 is 1. The first-order chi connectivity index (χ1) is 5.89. The summed E-state index contributed by atoms with van der Waals surface area (Å²) in [7, 11) is 3.51. The average molecular weight is 187 g/mol. The van der Waals surface area contributed by atoms with Crippen molar-refractivity contribution in [2.45, 2.75) is 27.2 Å². The maximum absolute atomic E-state index is 11.6. The zero-order valence-electron chi connectivity index (χ0n) is 9.39. The summed E-state index contributed by atoms with van der Waals surface area (Å²) in [6, 6.07) is 0. The fourth-order valence-electron chi connectivity index (χ4n) is 1.12. The van der Waals surface area contributed by atoms with E-state index in [9.17, 15) is 4.79 Å². The minimum atomic E-state index is -0.276. The number of carbonyl (C=O) groups excluding carboxylic acids is 1. The second-order valence-electron chi connectivity index (χ2n) is 4.32. The monoisotopic (exact) mass is 187 g/mol. The van der Waals surface area contributed by atoms with E-state index in [0.717, 1.165) is 13.0 Å². The normalized spacial score (nSPS) is 11.5. The van der Waals surface area contributed by atoms with Crippen LogP contribution in [0.15, 0.2) is 0 Å². The van der Waals surface area contributed by atoms with E-state index < -0.39 is 0 Å². The van der Waals surface area contributed by atoms with Gasteiger partial charge in [0.1, 0.15) is 0 Å². The molecule has 0 saturated heterocycles. The van der Waals surface area contributed by atoms with Crippen LogP contribution >= 0.6 is 0 Å². The lowest BCUT2D eigenvalue weighted by Gasteiger charge is -2.25. The Labute approximate surface area is 81.1 Å². The van der Waals surface area contributed by atoms with Crippen molar-refractivity contribution in [1.82, 2.24) is 4.90 Å². The molecule has 0 N–H and O–H groups in total. The summed E-state index contributed by atoms with van der Waals surface area (Å²) < 4.78 is 4.92. The van der Waals surface area contributed by atoms with Gasteiger partial charge < -0.3 is 9.64 Å². The van der Waals surface area contributed by atoms with Gasteiger partial charge in [-0.15, -0.1) is 0 Å². The minimum absolute atomic E-state index is 0.184. The molecule has 3 nitrogen and oxygen atoms in total. The second-order valence-corrected chi connectivity index (χ2v) is 4.32. The van der Waals surface area contributed by atoms with Crippen molar-refractivity contribution >= 4 is 5.91 Å². The number of amides is 1. The van der Waals surface area contributed by atoms with Crippen molar-refractivity contribution in [3.63, 3.8) is 0 Å². The predicted octanol–water partition coefficient (Wildman–Crippen LogP) is 1.53. The highest BCUT2D eigenvalue weighted by atomic mass is 16.5. The smallest absolute Gasteiger partial charge is 0.227 e. The van der Waals surface area contributed by atoms with Crippen molar-refractivity contribution in [3.05, 3.63) is 0 Å². The summed E-state index contributed by atoms with van der Waals surface area (Å²) in [6.45, 7) is 7.28. The Morgan fingerprint density at radius 3 is 2.31 bits per heavy atom. The average Bonchev–Trinajstić information content (AvgIpc) is 2.01. The zero-order valence-corrected chi connectivity index (χ0v) is 9.39. The van der Waals surface area contributed by atoms with E-state index in [0.29, 0.717) is 6.61 Å². The molecule has 13 heavy (non-hydrogen) atoms. The van der Waals surface area contributed by atoms with Crippen molar-refractivity contribution in [2.75, 3.05) is 27.3 Å². The van der Waals surface area contributed by atoms with E-state index in [-0.39, 0.29) is 11.3 Å². The number of carbonyl (C=O) groups is 1. The molecule has 0 fully saturated rings. The summed E-state index contributed by atoms with van der Waals surface area (Å²) >= 11 is 0. The SMILES string of the molecule is COCCCN(C)C(=O)C(C)(C)C. The van der Waals surface area contributed by atoms with E-state index in [4.69, 9.17) is 4.74 Å². The molecule has 0 aromatic rings. The maximum Gasteiger partial charge on any atom is 0.227 e. The van der Waals surface area contributed by atoms with Crippen LogP contribution in [-0.2, 0) is 9.53 Å². The molecule has 0 aromatic heterocycles. The standard InChI is InChI=1S/C10H21NO2/c1-10(2,3)9(12)11(4)7-6-8-13-5/h6-8H2,1-5H3. The first-order valence-corrected chi connectivity index (χ1v) is 4.64. The van der Waals surface area contributed by atoms with Crippen LogP contribution in [0.3, 0.4) is 0 Å². The van der Waals surface area contributed by atoms with Crippen LogP contribution in [0.1, 0.15) is 27.2 Å². The Kier molecular flexibility index (Phi) is 4.99. The first-order valence-electron chi connectivity index (χ1n) is 4.64. The summed E-state index contributed by atoms with van der Waals surface area (Å²) in [4.78, 5) is 13.4. The van der Waals surface area contributed by atoms with E-state index in [1.165, 1.54) is 0 Å². The van der Waals surface area contributed by atoms with Crippen LogP contribution in [0.2, 0.25) is 0 Å². The Bertz CT molecular complexity index is 161. The van der Waals surface area contributed by atoms with Gasteiger partial charge in [0.05, 0.1) is 0 Å². The molecule has 0 rings (SSSR count). The lowest BCUT2D eigenvalue weighted by molar-refractivity contribution is -0.138. The molecule has 0 spiro atoms. The molecule has 0 heterocycles. The summed E-state index contributed by atoms with van der Waals surface area (Å²) in [5, 5.41) is 0. The van der Waals surface area contributed by atoms with Crippen LogP contribution in [0, 0.1) is 5.41 Å². The second kappa shape index (κ2) is 5.22. The van der Waals surface area contributed by atoms with Crippen LogP contribution in [0.5, 0.6) is 0 Å². The molecule has 0 aromatic carbocycles. The molecule has 0 aliphatic rings. The number of hydrogen-bond acceptors (Lipinski definition) is 2. The molecule has 0 aliphatic heterocycles. The fourth-order valence-corrected chi connectivity index (χ4v) is 1.12. The van der Waals surface area contributed by atoms with E-state index >= 15 is 0 Å². The third-order valence-electron chi connectivity index (χ3n) is 1.83. The van der Waals surface area contributed by atoms with Crippen LogP contribution in [0.4, 0.5) is 0 Å². The summed E-state index contributed by atoms with van der Waals surface area (Å²) in [6.07, 6.45) is 0.898. The fraction of sp³-hybridized carbons (Fsp3) is 0.900. The summed E-state index contributed by atoms with van der Waals surface area (Å²) in [5.41, 5.74) is -0.276. The molecule has 0 bridgehead atoms. The Morgan fingerprint density at radius 2 is 1.92 bits per heavy atom. The summed E-state index contributed by atoms with van der Waals surface area (Å²) in [5.74, 6) is 0.184. The molecule has 3 heteroatoms. The molecule has 1 amide bonds. The first kappa shape index (κ1) is 12.4. The van der Waals surface area contributed by atoms with Gasteiger partial charge in [0.2, 0.25) is 5.91 Å². The molecule has 78 valence electrons. The molecular weight excluding hydrogens is 166 g/mol. The van der Waals surface area contributed by atoms with Gasteiger partial charge in [0.15, 0.2) is 0 Å². The number of ether oxygens (including phenoxy) is 1. The Hall–Kier alpha value is -0.570. The minimum Gasteiger partial charge on any atom is -0.385 e. The van der Waals surface area contributed by atoms with Crippen molar-refractivity contribution in [2.24, 2.45) is 5.41 Å². The van der Waals surface area contributed by atoms with E-state index in [2.05, 4.69) is 0 Å². The van der Waals surface area contributed by atoms with Crippen molar-refractivity contribution in [1.29, 1.82) is 0 Å². The highest BCUT2D eigenvalue weighted by Gasteiger charge is 2.24. The maximum atomic E-state index is 11.6. The lowest BCUT2D eigenvalue weighted by Crippen LogP contribution is -2.37. The van der Waals surface area contributed by atoms with Gasteiger partial charge in [-0.05, 0) is 6.42 Å². The lowest BCUT2D eigenvalue weighted by atomic mass is 9.95. The number of nitrogens with zero attached hydrogens (tertiary/aromatic N) is 1. The molecule has 0 unspecified atom stereocenters. The topological polar surface area (TPSA) is 29.5 Å². The third-order valence-corrected chi connectivity index (χ3v) is 1.83. The van der Waals surface area contributed by atoms with Crippen molar-refractivity contribution < 1.29 is 9.53 Å². The molecule has 0 saturated carbocycles. The largest absolute Gasteiger partial charge is 0.385 e. The van der Waals surface area contributed by atoms with Gasteiger partial charge in [-0.3, -0.25) is 4.79 Å².